The molecule has 1 saturated carbocycles. The van der Waals surface area contributed by atoms with Gasteiger partial charge in [-0.3, -0.25) is 0 Å². The molecule has 0 aromatic heterocycles. The normalized spacial score (nSPS) is 36.7. The van der Waals surface area contributed by atoms with Crippen LogP contribution in [0.1, 0.15) is 26.2 Å². The Bertz CT molecular complexity index is 265. The zero-order valence-corrected chi connectivity index (χ0v) is 11.2. The number of aliphatic hydroxyl groups is 1. The Hall–Kier alpha value is 0.970. The van der Waals surface area contributed by atoms with E-state index in [1.165, 1.54) is 28.1 Å². The summed E-state index contributed by atoms with van der Waals surface area (Å²) in [7, 11) is 3.37. The smallest absolute Gasteiger partial charge is 0.0687 e. The molecule has 4 unspecified atom stereocenters. The van der Waals surface area contributed by atoms with E-state index in [9.17, 15) is 5.11 Å². The fourth-order valence-electron chi connectivity index (χ4n) is 1.81. The van der Waals surface area contributed by atoms with Crippen LogP contribution in [-0.2, 0) is 38.4 Å². The fourth-order valence-corrected chi connectivity index (χ4v) is 8.41. The summed E-state index contributed by atoms with van der Waals surface area (Å²) in [4.78, 5) is 0. The summed E-state index contributed by atoms with van der Waals surface area (Å²) < 4.78 is 0. The van der Waals surface area contributed by atoms with Crippen LogP contribution >= 0.6 is 0 Å². The average molecular weight is 256 g/mol. The Morgan fingerprint density at radius 3 is 2.77 bits per heavy atom. The second-order valence-corrected chi connectivity index (χ2v) is 10.3. The lowest BCUT2D eigenvalue weighted by atomic mass is 9.88. The molecule has 0 bridgehead atoms. The Kier molecular flexibility index (Phi) is 5.33. The third-order valence-electron chi connectivity index (χ3n) is 2.67. The van der Waals surface area contributed by atoms with E-state index in [0.29, 0.717) is 11.2 Å². The molecule has 0 saturated heterocycles. The number of hydrogen-bond acceptors (Lipinski definition) is 2. The van der Waals surface area contributed by atoms with Crippen molar-refractivity contribution in [1.29, 1.82) is 0 Å². The number of hydrogen-bond donors (Lipinski definition) is 1. The standard InChI is InChI=1S/C8H16OS4/c1-6-4-3-5-7(8(6)9)13(2)12-11-10/h6-9H,3-5H2,1-2H3. The maximum absolute atomic E-state index is 9.98. The molecule has 1 rings (SSSR count). The average Bonchev–Trinajstić information content (AvgIpc) is 2.10. The van der Waals surface area contributed by atoms with Gasteiger partial charge in [-0.1, -0.05) is 13.3 Å². The molecule has 1 aliphatic rings. The quantitative estimate of drug-likeness (QED) is 0.762. The molecule has 1 aliphatic carbocycles. The van der Waals surface area contributed by atoms with Crippen LogP contribution in [0.3, 0.4) is 0 Å². The highest BCUT2D eigenvalue weighted by Gasteiger charge is 2.29. The van der Waals surface area contributed by atoms with Crippen LogP contribution in [0.2, 0.25) is 0 Å². The van der Waals surface area contributed by atoms with E-state index in [-0.39, 0.29) is 15.6 Å². The third kappa shape index (κ3) is 3.23. The van der Waals surface area contributed by atoms with Gasteiger partial charge in [-0.05, 0) is 54.0 Å². The molecule has 1 N–H and O–H groups in total. The van der Waals surface area contributed by atoms with Gasteiger partial charge in [-0.25, -0.2) is 0 Å². The zero-order chi connectivity index (χ0) is 9.84. The largest absolute Gasteiger partial charge is 0.392 e. The molecule has 1 nitrogen and oxygen atoms in total. The van der Waals surface area contributed by atoms with Crippen molar-refractivity contribution in [1.82, 2.24) is 0 Å². The summed E-state index contributed by atoms with van der Waals surface area (Å²) in [5.41, 5.74) is 0. The lowest BCUT2D eigenvalue weighted by Gasteiger charge is -2.32. The minimum atomic E-state index is -0.100. The van der Waals surface area contributed by atoms with E-state index < -0.39 is 0 Å². The van der Waals surface area contributed by atoms with Crippen LogP contribution in [0.25, 0.3) is 0 Å². The van der Waals surface area contributed by atoms with Gasteiger partial charge < -0.3 is 5.11 Å². The molecule has 0 spiro atoms. The molecule has 0 aromatic rings. The van der Waals surface area contributed by atoms with Crippen LogP contribution in [0.5, 0.6) is 0 Å². The summed E-state index contributed by atoms with van der Waals surface area (Å²) in [5, 5.41) is 10.5. The van der Waals surface area contributed by atoms with E-state index in [2.05, 4.69) is 13.2 Å². The SMILES string of the molecule is CC1CCCC(S(C)=S=S=S)C1O. The Balaban J connectivity index is 2.79. The lowest BCUT2D eigenvalue weighted by Crippen LogP contribution is -2.38. The fraction of sp³-hybridized carbons (Fsp3) is 1.00. The van der Waals surface area contributed by atoms with Crippen molar-refractivity contribution in [2.75, 3.05) is 6.26 Å². The van der Waals surface area contributed by atoms with E-state index in [0.717, 1.165) is 0 Å². The molecule has 0 amide bonds. The predicted octanol–water partition coefficient (Wildman–Crippen LogP) is 1.24. The maximum Gasteiger partial charge on any atom is 0.0687 e. The highest BCUT2D eigenvalue weighted by atomic mass is 33.2. The van der Waals surface area contributed by atoms with Crippen LogP contribution in [0.4, 0.5) is 0 Å². The third-order valence-corrected chi connectivity index (χ3v) is 9.79. The molecule has 0 aliphatic heterocycles. The van der Waals surface area contributed by atoms with Crippen molar-refractivity contribution in [3.63, 3.8) is 0 Å². The Morgan fingerprint density at radius 1 is 1.46 bits per heavy atom. The van der Waals surface area contributed by atoms with Crippen molar-refractivity contribution in [3.05, 3.63) is 0 Å². The van der Waals surface area contributed by atoms with Gasteiger partial charge in [0, 0.05) is 5.25 Å². The predicted molar refractivity (Wildman–Crippen MR) is 68.2 cm³/mol. The van der Waals surface area contributed by atoms with E-state index in [4.69, 9.17) is 11.2 Å². The number of aliphatic hydroxyl groups excluding tert-OH is 1. The van der Waals surface area contributed by atoms with Crippen LogP contribution < -0.4 is 0 Å². The highest BCUT2D eigenvalue weighted by molar-refractivity contribution is 8.58. The molecule has 1 fully saturated rings. The van der Waals surface area contributed by atoms with Gasteiger partial charge in [0.25, 0.3) is 0 Å². The Labute approximate surface area is 92.9 Å². The Morgan fingerprint density at radius 2 is 2.15 bits per heavy atom. The monoisotopic (exact) mass is 256 g/mol. The minimum absolute atomic E-state index is 0.100. The van der Waals surface area contributed by atoms with Gasteiger partial charge >= 0.3 is 0 Å². The first-order valence-electron chi connectivity index (χ1n) is 4.46. The minimum Gasteiger partial charge on any atom is -0.392 e. The van der Waals surface area contributed by atoms with Crippen LogP contribution in [-0.4, -0.2) is 22.7 Å². The summed E-state index contributed by atoms with van der Waals surface area (Å²) in [5.74, 6) is 0.476. The molecule has 0 heterocycles. The van der Waals surface area contributed by atoms with E-state index >= 15 is 0 Å². The van der Waals surface area contributed by atoms with Gasteiger partial charge in [0.15, 0.2) is 0 Å². The maximum atomic E-state index is 9.98. The molecular formula is C8H16OS4. The van der Waals surface area contributed by atoms with Gasteiger partial charge in [0.05, 0.1) is 6.10 Å². The van der Waals surface area contributed by atoms with Crippen molar-refractivity contribution < 1.29 is 5.11 Å². The zero-order valence-electron chi connectivity index (χ0n) is 7.93. The molecule has 13 heavy (non-hydrogen) atoms. The van der Waals surface area contributed by atoms with Crippen molar-refractivity contribution in [2.24, 2.45) is 5.92 Å². The molecule has 5 heteroatoms. The summed E-state index contributed by atoms with van der Waals surface area (Å²) in [6.45, 7) is 2.15. The van der Waals surface area contributed by atoms with Crippen molar-refractivity contribution >= 4 is 38.4 Å². The molecule has 0 radical (unpaired) electrons. The van der Waals surface area contributed by atoms with Crippen LogP contribution in [0.15, 0.2) is 0 Å². The molecule has 78 valence electrons. The highest BCUT2D eigenvalue weighted by Crippen LogP contribution is 2.27. The molecule has 4 atom stereocenters. The van der Waals surface area contributed by atoms with Crippen molar-refractivity contribution in [2.45, 2.75) is 37.5 Å². The second-order valence-electron chi connectivity index (χ2n) is 3.57. The van der Waals surface area contributed by atoms with Gasteiger partial charge in [0.1, 0.15) is 0 Å². The molecule has 0 aromatic carbocycles. The lowest BCUT2D eigenvalue weighted by molar-refractivity contribution is 0.0853. The van der Waals surface area contributed by atoms with Crippen LogP contribution in [0, 0.1) is 5.92 Å². The first-order valence-corrected chi connectivity index (χ1v) is 9.75. The summed E-state index contributed by atoms with van der Waals surface area (Å²) >= 11 is 4.87. The first kappa shape index (κ1) is 12.0. The number of rotatable bonds is 1. The van der Waals surface area contributed by atoms with Gasteiger partial charge in [-0.2, -0.15) is 0 Å². The first-order chi connectivity index (χ1) is 6.16. The van der Waals surface area contributed by atoms with Crippen molar-refractivity contribution in [3.8, 4) is 0 Å². The van der Waals surface area contributed by atoms with E-state index in [1.54, 1.807) is 8.88 Å². The second kappa shape index (κ2) is 5.75. The van der Waals surface area contributed by atoms with Gasteiger partial charge in [-0.15, -0.1) is 9.45 Å². The van der Waals surface area contributed by atoms with Gasteiger partial charge in [0.2, 0.25) is 0 Å². The summed E-state index contributed by atoms with van der Waals surface area (Å²) in [6, 6.07) is 0. The summed E-state index contributed by atoms with van der Waals surface area (Å²) in [6.07, 6.45) is 5.73. The topological polar surface area (TPSA) is 20.2 Å². The molecular weight excluding hydrogens is 240 g/mol. The van der Waals surface area contributed by atoms with E-state index in [1.807, 2.05) is 0 Å².